The molecule has 0 fully saturated rings. The lowest BCUT2D eigenvalue weighted by Gasteiger charge is -2.14. The summed E-state index contributed by atoms with van der Waals surface area (Å²) in [5.74, 6) is 0.397. The van der Waals surface area contributed by atoms with Crippen molar-refractivity contribution in [1.29, 1.82) is 0 Å². The predicted molar refractivity (Wildman–Crippen MR) is 94.6 cm³/mol. The van der Waals surface area contributed by atoms with Crippen molar-refractivity contribution in [3.63, 3.8) is 0 Å². The maximum atomic E-state index is 12.5. The molecular formula is C14H12ClN3O5S2. The van der Waals surface area contributed by atoms with Crippen molar-refractivity contribution in [2.45, 2.75) is 9.79 Å². The van der Waals surface area contributed by atoms with Gasteiger partial charge in [-0.1, -0.05) is 11.6 Å². The summed E-state index contributed by atoms with van der Waals surface area (Å²) in [4.78, 5) is -0.439. The van der Waals surface area contributed by atoms with Gasteiger partial charge in [-0.2, -0.15) is 8.42 Å². The van der Waals surface area contributed by atoms with E-state index in [0.29, 0.717) is 5.75 Å². The first-order chi connectivity index (χ1) is 11.7. The second-order valence-electron chi connectivity index (χ2n) is 4.97. The van der Waals surface area contributed by atoms with E-state index in [-0.39, 0.29) is 26.2 Å². The second kappa shape index (κ2) is 6.21. The van der Waals surface area contributed by atoms with Crippen molar-refractivity contribution in [2.75, 3.05) is 17.1 Å². The molecule has 1 aliphatic rings. The molecule has 0 saturated heterocycles. The Morgan fingerprint density at radius 1 is 1.20 bits per heavy atom. The number of methoxy groups -OCH3 is 1. The third kappa shape index (κ3) is 3.41. The maximum absolute atomic E-state index is 12.5. The van der Waals surface area contributed by atoms with E-state index in [0.717, 1.165) is 12.4 Å². The van der Waals surface area contributed by atoms with E-state index in [4.69, 9.17) is 16.3 Å². The fourth-order valence-electron chi connectivity index (χ4n) is 2.17. The Morgan fingerprint density at radius 3 is 2.64 bits per heavy atom. The zero-order chi connectivity index (χ0) is 18.2. The molecule has 132 valence electrons. The number of rotatable bonds is 4. The number of anilines is 2. The molecule has 0 amide bonds. The van der Waals surface area contributed by atoms with Gasteiger partial charge in [0.2, 0.25) is 0 Å². The van der Waals surface area contributed by atoms with Gasteiger partial charge in [-0.25, -0.2) is 8.42 Å². The van der Waals surface area contributed by atoms with E-state index in [2.05, 4.69) is 14.4 Å². The van der Waals surface area contributed by atoms with Crippen LogP contribution in [0.25, 0.3) is 0 Å². The van der Waals surface area contributed by atoms with Gasteiger partial charge in [0, 0.05) is 0 Å². The van der Waals surface area contributed by atoms with Gasteiger partial charge >= 0.3 is 0 Å². The monoisotopic (exact) mass is 401 g/mol. The number of halogens is 1. The van der Waals surface area contributed by atoms with Crippen LogP contribution in [0.1, 0.15) is 0 Å². The Morgan fingerprint density at radius 2 is 1.96 bits per heavy atom. The van der Waals surface area contributed by atoms with Crippen LogP contribution in [0.3, 0.4) is 0 Å². The number of sulfonamides is 2. The standard InChI is InChI=1S/C14H12ClN3O5S2/c1-23-13-5-2-9(6-11(13)15)18-24(19,20)10-3-4-12-14(7-10)25(21,22)17-8-16-12/h2-8,18H,1H3,(H,16,17). The Balaban J connectivity index is 1.98. The Kier molecular flexibility index (Phi) is 4.35. The highest BCUT2D eigenvalue weighted by Crippen LogP contribution is 2.31. The van der Waals surface area contributed by atoms with E-state index in [9.17, 15) is 16.8 Å². The van der Waals surface area contributed by atoms with E-state index in [1.807, 2.05) is 0 Å². The summed E-state index contributed by atoms with van der Waals surface area (Å²) in [7, 11) is -6.52. The largest absolute Gasteiger partial charge is 0.495 e. The summed E-state index contributed by atoms with van der Waals surface area (Å²) in [6.07, 6.45) is 1.03. The minimum atomic E-state index is -4.03. The summed E-state index contributed by atoms with van der Waals surface area (Å²) in [6.45, 7) is 0. The first-order valence-electron chi connectivity index (χ1n) is 6.79. The number of fused-ring (bicyclic) bond motifs is 1. The van der Waals surface area contributed by atoms with Crippen LogP contribution in [-0.2, 0) is 20.0 Å². The fourth-order valence-corrected chi connectivity index (χ4v) is 4.56. The van der Waals surface area contributed by atoms with Gasteiger partial charge in [0.1, 0.15) is 17.0 Å². The van der Waals surface area contributed by atoms with Crippen LogP contribution in [0.5, 0.6) is 5.75 Å². The highest BCUT2D eigenvalue weighted by atomic mass is 35.5. The quantitative estimate of drug-likeness (QED) is 0.812. The van der Waals surface area contributed by atoms with Crippen molar-refractivity contribution >= 4 is 49.4 Å². The molecule has 0 atom stereocenters. The van der Waals surface area contributed by atoms with Gasteiger partial charge in [-0.15, -0.1) is 4.40 Å². The zero-order valence-electron chi connectivity index (χ0n) is 12.7. The van der Waals surface area contributed by atoms with Gasteiger partial charge in [0.15, 0.2) is 0 Å². The van der Waals surface area contributed by atoms with Crippen LogP contribution < -0.4 is 14.8 Å². The van der Waals surface area contributed by atoms with E-state index in [1.165, 1.54) is 37.4 Å². The lowest BCUT2D eigenvalue weighted by molar-refractivity contribution is 0.415. The highest BCUT2D eigenvalue weighted by Gasteiger charge is 2.24. The Hall–Kier alpha value is -2.30. The number of nitrogens with one attached hydrogen (secondary N) is 2. The molecule has 0 unspecified atom stereocenters. The normalized spacial score (nSPS) is 15.1. The number of hydrogen-bond donors (Lipinski definition) is 2. The van der Waals surface area contributed by atoms with Crippen LogP contribution >= 0.6 is 11.6 Å². The van der Waals surface area contributed by atoms with Crippen LogP contribution in [0.2, 0.25) is 5.02 Å². The highest BCUT2D eigenvalue weighted by molar-refractivity contribution is 7.93. The van der Waals surface area contributed by atoms with E-state index < -0.39 is 20.0 Å². The lowest BCUT2D eigenvalue weighted by atomic mass is 10.3. The average molecular weight is 402 g/mol. The van der Waals surface area contributed by atoms with Gasteiger partial charge in [-0.05, 0) is 36.4 Å². The van der Waals surface area contributed by atoms with E-state index >= 15 is 0 Å². The number of hydrogen-bond acceptors (Lipinski definition) is 6. The molecule has 2 aromatic rings. The molecule has 0 bridgehead atoms. The minimum Gasteiger partial charge on any atom is -0.495 e. The molecule has 0 aromatic heterocycles. The molecule has 0 radical (unpaired) electrons. The van der Waals surface area contributed by atoms with Gasteiger partial charge < -0.3 is 10.1 Å². The molecule has 1 heterocycles. The zero-order valence-corrected chi connectivity index (χ0v) is 15.1. The van der Waals surface area contributed by atoms with Gasteiger partial charge in [0.05, 0.1) is 28.4 Å². The van der Waals surface area contributed by atoms with Crippen molar-refractivity contribution < 1.29 is 21.6 Å². The summed E-state index contributed by atoms with van der Waals surface area (Å²) < 4.78 is 59.6. The van der Waals surface area contributed by atoms with Crippen molar-refractivity contribution in [3.05, 3.63) is 41.4 Å². The first kappa shape index (κ1) is 17.5. The third-order valence-electron chi connectivity index (χ3n) is 3.36. The summed E-state index contributed by atoms with van der Waals surface area (Å²) in [5, 5.41) is 2.88. The van der Waals surface area contributed by atoms with Crippen LogP contribution in [0.4, 0.5) is 11.4 Å². The maximum Gasteiger partial charge on any atom is 0.285 e. The third-order valence-corrected chi connectivity index (χ3v) is 6.31. The van der Waals surface area contributed by atoms with Crippen molar-refractivity contribution in [2.24, 2.45) is 4.40 Å². The van der Waals surface area contributed by atoms with Gasteiger partial charge in [0.25, 0.3) is 20.0 Å². The predicted octanol–water partition coefficient (Wildman–Crippen LogP) is 2.29. The Labute approximate surface area is 149 Å². The van der Waals surface area contributed by atoms with Crippen molar-refractivity contribution in [1.82, 2.24) is 0 Å². The number of benzene rings is 2. The fraction of sp³-hybridized carbons (Fsp3) is 0.0714. The summed E-state index contributed by atoms with van der Waals surface area (Å²) in [6, 6.07) is 8.06. The molecule has 2 N–H and O–H groups in total. The first-order valence-corrected chi connectivity index (χ1v) is 10.1. The molecule has 0 spiro atoms. The topological polar surface area (TPSA) is 114 Å². The molecule has 11 heteroatoms. The van der Waals surface area contributed by atoms with Crippen molar-refractivity contribution in [3.8, 4) is 5.75 Å². The molecular weight excluding hydrogens is 390 g/mol. The molecule has 3 rings (SSSR count). The minimum absolute atomic E-state index is 0.211. The van der Waals surface area contributed by atoms with Crippen LogP contribution in [-0.4, -0.2) is 30.3 Å². The van der Waals surface area contributed by atoms with Crippen LogP contribution in [0, 0.1) is 0 Å². The number of ether oxygens (including phenoxy) is 1. The average Bonchev–Trinajstić information content (AvgIpc) is 2.54. The molecule has 0 aliphatic carbocycles. The van der Waals surface area contributed by atoms with Gasteiger partial charge in [-0.3, -0.25) is 4.72 Å². The molecule has 25 heavy (non-hydrogen) atoms. The molecule has 0 saturated carbocycles. The summed E-state index contributed by atoms with van der Waals surface area (Å²) in [5.41, 5.74) is 0.462. The molecule has 1 aliphatic heterocycles. The molecule has 2 aromatic carbocycles. The Bertz CT molecular complexity index is 1080. The van der Waals surface area contributed by atoms with E-state index in [1.54, 1.807) is 0 Å². The summed E-state index contributed by atoms with van der Waals surface area (Å²) >= 11 is 5.97. The second-order valence-corrected chi connectivity index (χ2v) is 8.66. The lowest BCUT2D eigenvalue weighted by Crippen LogP contribution is -2.16. The number of nitrogens with zero attached hydrogens (tertiary/aromatic N) is 1. The van der Waals surface area contributed by atoms with Crippen LogP contribution in [0.15, 0.2) is 50.6 Å². The molecule has 8 nitrogen and oxygen atoms in total. The smallest absolute Gasteiger partial charge is 0.285 e. The SMILES string of the molecule is COc1ccc(NS(=O)(=O)c2ccc3c(c2)S(=O)(=O)N=CN3)cc1Cl.